The van der Waals surface area contributed by atoms with Gasteiger partial charge in [0.2, 0.25) is 0 Å². The zero-order chi connectivity index (χ0) is 13.9. The Morgan fingerprint density at radius 1 is 1.37 bits per heavy atom. The van der Waals surface area contributed by atoms with Gasteiger partial charge in [-0.25, -0.2) is 9.97 Å². The van der Waals surface area contributed by atoms with Gasteiger partial charge in [-0.3, -0.25) is 0 Å². The van der Waals surface area contributed by atoms with Gasteiger partial charge in [0.25, 0.3) is 0 Å². The Hall–Kier alpha value is -1.00. The van der Waals surface area contributed by atoms with Gasteiger partial charge in [-0.05, 0) is 46.6 Å². The van der Waals surface area contributed by atoms with Gasteiger partial charge >= 0.3 is 0 Å². The molecule has 0 bridgehead atoms. The summed E-state index contributed by atoms with van der Waals surface area (Å²) in [6.45, 7) is 10.2. The summed E-state index contributed by atoms with van der Waals surface area (Å²) in [7, 11) is 0. The number of nitrogens with one attached hydrogen (secondary N) is 1. The van der Waals surface area contributed by atoms with Crippen LogP contribution in [0.15, 0.2) is 6.07 Å². The van der Waals surface area contributed by atoms with Gasteiger partial charge < -0.3 is 10.1 Å². The molecule has 2 heterocycles. The fraction of sp³-hybridized carbons (Fsp3) is 0.733. The van der Waals surface area contributed by atoms with Crippen molar-refractivity contribution in [3.8, 4) is 0 Å². The van der Waals surface area contributed by atoms with Crippen molar-refractivity contribution in [1.82, 2.24) is 15.3 Å². The van der Waals surface area contributed by atoms with E-state index in [1.165, 1.54) is 0 Å². The Kier molecular flexibility index (Phi) is 4.53. The number of rotatable bonds is 4. The van der Waals surface area contributed by atoms with Crippen molar-refractivity contribution in [1.29, 1.82) is 0 Å². The highest BCUT2D eigenvalue weighted by Gasteiger charge is 2.18. The molecule has 0 amide bonds. The lowest BCUT2D eigenvalue weighted by molar-refractivity contribution is 0.110. The molecule has 1 aromatic rings. The van der Waals surface area contributed by atoms with Gasteiger partial charge in [-0.1, -0.05) is 0 Å². The third-order valence-electron chi connectivity index (χ3n) is 3.19. The molecule has 1 fully saturated rings. The molecule has 0 saturated carbocycles. The lowest BCUT2D eigenvalue weighted by Gasteiger charge is -2.20. The summed E-state index contributed by atoms with van der Waals surface area (Å²) in [5, 5.41) is 3.46. The van der Waals surface area contributed by atoms with E-state index in [1.54, 1.807) is 0 Å². The van der Waals surface area contributed by atoms with Gasteiger partial charge in [0.15, 0.2) is 0 Å². The molecular formula is C15H25N3O. The molecule has 0 radical (unpaired) electrons. The van der Waals surface area contributed by atoms with Crippen LogP contribution in [0.25, 0.3) is 0 Å². The number of ether oxygens (including phenoxy) is 1. The minimum atomic E-state index is 0.105. The Bertz CT molecular complexity index is 420. The minimum Gasteiger partial charge on any atom is -0.378 e. The molecule has 1 N–H and O–H groups in total. The molecule has 0 aliphatic carbocycles. The molecule has 19 heavy (non-hydrogen) atoms. The van der Waals surface area contributed by atoms with Crippen molar-refractivity contribution in [3.63, 3.8) is 0 Å². The SMILES string of the molecule is Cc1cc(CNC(C)(C)C)nc(CC2CCCO2)n1. The smallest absolute Gasteiger partial charge is 0.131 e. The summed E-state index contributed by atoms with van der Waals surface area (Å²) < 4.78 is 5.66. The van der Waals surface area contributed by atoms with Crippen LogP contribution in [0.3, 0.4) is 0 Å². The Labute approximate surface area is 116 Å². The number of hydrogen-bond donors (Lipinski definition) is 1. The molecule has 2 rings (SSSR count). The molecule has 1 aliphatic heterocycles. The second kappa shape index (κ2) is 5.97. The predicted molar refractivity (Wildman–Crippen MR) is 76.0 cm³/mol. The van der Waals surface area contributed by atoms with E-state index < -0.39 is 0 Å². The van der Waals surface area contributed by atoms with Gasteiger partial charge in [0, 0.05) is 30.8 Å². The van der Waals surface area contributed by atoms with Crippen LogP contribution in [-0.4, -0.2) is 28.2 Å². The Morgan fingerprint density at radius 3 is 2.79 bits per heavy atom. The highest BCUT2D eigenvalue weighted by molar-refractivity contribution is 5.11. The number of nitrogens with zero attached hydrogens (tertiary/aromatic N) is 2. The van der Waals surface area contributed by atoms with Gasteiger partial charge in [0.1, 0.15) is 5.82 Å². The van der Waals surface area contributed by atoms with Crippen molar-refractivity contribution in [3.05, 3.63) is 23.3 Å². The van der Waals surface area contributed by atoms with Crippen LogP contribution in [0.1, 0.15) is 50.8 Å². The average molecular weight is 263 g/mol. The van der Waals surface area contributed by atoms with E-state index in [-0.39, 0.29) is 5.54 Å². The van der Waals surface area contributed by atoms with Gasteiger partial charge in [0.05, 0.1) is 11.8 Å². The highest BCUT2D eigenvalue weighted by atomic mass is 16.5. The number of aryl methyl sites for hydroxylation is 1. The molecule has 1 aliphatic rings. The first-order valence-electron chi connectivity index (χ1n) is 7.12. The first kappa shape index (κ1) is 14.4. The van der Waals surface area contributed by atoms with E-state index in [0.29, 0.717) is 6.10 Å². The maximum atomic E-state index is 5.66. The first-order valence-corrected chi connectivity index (χ1v) is 7.12. The largest absolute Gasteiger partial charge is 0.378 e. The Morgan fingerprint density at radius 2 is 2.16 bits per heavy atom. The van der Waals surface area contributed by atoms with Crippen LogP contribution in [0.5, 0.6) is 0 Å². The van der Waals surface area contributed by atoms with E-state index in [4.69, 9.17) is 4.74 Å². The second-order valence-corrected chi connectivity index (χ2v) is 6.36. The first-order chi connectivity index (χ1) is 8.92. The highest BCUT2D eigenvalue weighted by Crippen LogP contribution is 2.16. The van der Waals surface area contributed by atoms with Gasteiger partial charge in [-0.15, -0.1) is 0 Å². The molecule has 1 saturated heterocycles. The molecule has 1 aromatic heterocycles. The molecule has 4 heteroatoms. The second-order valence-electron chi connectivity index (χ2n) is 6.36. The zero-order valence-electron chi connectivity index (χ0n) is 12.5. The minimum absolute atomic E-state index is 0.105. The lowest BCUT2D eigenvalue weighted by Crippen LogP contribution is -2.35. The molecule has 1 atom stereocenters. The third kappa shape index (κ3) is 4.88. The molecule has 106 valence electrons. The van der Waals surface area contributed by atoms with Crippen LogP contribution in [-0.2, 0) is 17.7 Å². The van der Waals surface area contributed by atoms with Crippen molar-refractivity contribution < 1.29 is 4.74 Å². The van der Waals surface area contributed by atoms with E-state index in [0.717, 1.165) is 49.6 Å². The van der Waals surface area contributed by atoms with Crippen molar-refractivity contribution in [2.24, 2.45) is 0 Å². The van der Waals surface area contributed by atoms with Crippen molar-refractivity contribution in [2.45, 2.75) is 65.1 Å². The summed E-state index contributed by atoms with van der Waals surface area (Å²) in [4.78, 5) is 9.17. The summed E-state index contributed by atoms with van der Waals surface area (Å²) in [5.74, 6) is 0.914. The van der Waals surface area contributed by atoms with E-state index in [9.17, 15) is 0 Å². The van der Waals surface area contributed by atoms with Crippen LogP contribution in [0.2, 0.25) is 0 Å². The normalized spacial score (nSPS) is 19.9. The maximum Gasteiger partial charge on any atom is 0.131 e. The molecule has 0 spiro atoms. The quantitative estimate of drug-likeness (QED) is 0.906. The summed E-state index contributed by atoms with van der Waals surface area (Å²) in [6.07, 6.45) is 3.44. The van der Waals surface area contributed by atoms with E-state index in [1.807, 2.05) is 6.92 Å². The van der Waals surface area contributed by atoms with Crippen molar-refractivity contribution >= 4 is 0 Å². The topological polar surface area (TPSA) is 47.0 Å². The standard InChI is InChI=1S/C15H25N3O/c1-11-8-12(10-16-15(2,3)4)18-14(17-11)9-13-6-5-7-19-13/h8,13,16H,5-7,9-10H2,1-4H3. The Balaban J connectivity index is 2.01. The van der Waals surface area contributed by atoms with Gasteiger partial charge in [-0.2, -0.15) is 0 Å². The maximum absolute atomic E-state index is 5.66. The molecule has 1 unspecified atom stereocenters. The monoisotopic (exact) mass is 263 g/mol. The van der Waals surface area contributed by atoms with Crippen molar-refractivity contribution in [2.75, 3.05) is 6.61 Å². The van der Waals surface area contributed by atoms with Crippen LogP contribution in [0.4, 0.5) is 0 Å². The fourth-order valence-electron chi connectivity index (χ4n) is 2.25. The number of hydrogen-bond acceptors (Lipinski definition) is 4. The zero-order valence-corrected chi connectivity index (χ0v) is 12.5. The fourth-order valence-corrected chi connectivity index (χ4v) is 2.25. The van der Waals surface area contributed by atoms with Crippen LogP contribution in [0, 0.1) is 6.92 Å². The molecular weight excluding hydrogens is 238 g/mol. The predicted octanol–water partition coefficient (Wildman–Crippen LogP) is 2.39. The van der Waals surface area contributed by atoms with E-state index in [2.05, 4.69) is 42.1 Å². The molecule has 0 aromatic carbocycles. The number of aromatic nitrogens is 2. The van der Waals surface area contributed by atoms with E-state index >= 15 is 0 Å². The lowest BCUT2D eigenvalue weighted by atomic mass is 10.1. The van der Waals surface area contributed by atoms with Crippen LogP contribution >= 0.6 is 0 Å². The summed E-state index contributed by atoms with van der Waals surface area (Å²) in [5.41, 5.74) is 2.21. The third-order valence-corrected chi connectivity index (χ3v) is 3.19. The summed E-state index contributed by atoms with van der Waals surface area (Å²) in [6, 6.07) is 2.05. The summed E-state index contributed by atoms with van der Waals surface area (Å²) >= 11 is 0. The average Bonchev–Trinajstić information content (AvgIpc) is 2.77. The molecule has 4 nitrogen and oxygen atoms in total. The van der Waals surface area contributed by atoms with Crippen LogP contribution < -0.4 is 5.32 Å².